The molecule has 0 saturated carbocycles. The summed E-state index contributed by atoms with van der Waals surface area (Å²) in [4.78, 5) is 38.7. The zero-order valence-electron chi connectivity index (χ0n) is 43.0. The summed E-state index contributed by atoms with van der Waals surface area (Å²) >= 11 is 4.17. The van der Waals surface area contributed by atoms with Gasteiger partial charge in [0, 0.05) is 54.0 Å². The molecule has 7 aromatic rings. The van der Waals surface area contributed by atoms with Crippen molar-refractivity contribution in [2.24, 2.45) is 10.9 Å². The van der Waals surface area contributed by atoms with Crippen molar-refractivity contribution in [1.29, 1.82) is 0 Å². The lowest BCUT2D eigenvalue weighted by Crippen LogP contribution is -3.00. The molecule has 21 nitrogen and oxygen atoms in total. The first-order valence-electron chi connectivity index (χ1n) is 21.9. The number of aromatic nitrogens is 7. The van der Waals surface area contributed by atoms with E-state index in [1.54, 1.807) is 51.0 Å². The topological polar surface area (TPSA) is 301 Å². The van der Waals surface area contributed by atoms with Gasteiger partial charge in [0.25, 0.3) is 10.2 Å². The largest absolute Gasteiger partial charge is 1.00 e. The number of carbonyl (C=O) groups excluding carboxylic acids is 1. The summed E-state index contributed by atoms with van der Waals surface area (Å²) in [6.45, 7) is 17.2. The lowest BCUT2D eigenvalue weighted by molar-refractivity contribution is -0.512. The molecule has 0 atom stereocenters. The maximum Gasteiger partial charge on any atom is 0.474 e. The van der Waals surface area contributed by atoms with E-state index in [1.807, 2.05) is 75.7 Å². The van der Waals surface area contributed by atoms with Crippen LogP contribution in [0.4, 0.5) is 10.5 Å². The summed E-state index contributed by atoms with van der Waals surface area (Å²) < 4.78 is 79.9. The van der Waals surface area contributed by atoms with Gasteiger partial charge in [-0.05, 0) is 132 Å². The number of amides is 1. The molecule has 402 valence electrons. The molecule has 74 heavy (non-hydrogen) atoms. The molecule has 0 aliphatic rings. The van der Waals surface area contributed by atoms with E-state index in [0.29, 0.717) is 5.88 Å². The number of anilines is 1. The quantitative estimate of drug-likeness (QED) is 0.0480. The fourth-order valence-corrected chi connectivity index (χ4v) is 10.5. The Labute approximate surface area is 452 Å². The van der Waals surface area contributed by atoms with Crippen LogP contribution < -0.4 is 46.3 Å². The number of hydrogen-bond donors (Lipinski definition) is 5. The average molecular weight is 1150 g/mol. The van der Waals surface area contributed by atoms with Gasteiger partial charge in [0.2, 0.25) is 10.0 Å². The monoisotopic (exact) mass is 1150 g/mol. The van der Waals surface area contributed by atoms with Gasteiger partial charge in [-0.3, -0.25) is 0 Å². The minimum Gasteiger partial charge on any atom is -1.00 e. The normalized spacial score (nSPS) is 11.5. The molecular formula is C46H62ClN13O8S6. The SMILES string of the molecule is CN(C)c1cc[n+](S(=O)(=O)NC(=O)OC(C)(C)C)cc1.Cc1cc2ncnc(SCN)c2cc1C.Cc1cc2ncnc(SCNS(C)(=O)=O)c2cc1C.Cc1cc2ncnc(SCNS(N)(=O)=O)c2cc1C.[Cl-]. The highest BCUT2D eigenvalue weighted by Gasteiger charge is 2.28. The smallest absolute Gasteiger partial charge is 0.474 e. The second-order valence-electron chi connectivity index (χ2n) is 17.3. The van der Waals surface area contributed by atoms with Crippen LogP contribution in [0.25, 0.3) is 32.7 Å². The molecule has 0 unspecified atom stereocenters. The van der Waals surface area contributed by atoms with Gasteiger partial charge in [0.05, 0.1) is 34.6 Å². The number of thioether (sulfide) groups is 3. The maximum atomic E-state index is 11.9. The Morgan fingerprint density at radius 3 is 1.34 bits per heavy atom. The van der Waals surface area contributed by atoms with Gasteiger partial charge in [-0.15, -0.1) is 8.42 Å². The number of nitrogens with one attached hydrogen (secondary N) is 3. The van der Waals surface area contributed by atoms with E-state index in [1.165, 1.54) is 70.8 Å². The molecule has 0 saturated heterocycles. The highest BCUT2D eigenvalue weighted by molar-refractivity contribution is 8.00. The first-order chi connectivity index (χ1) is 34.0. The number of nitrogens with two attached hydrogens (primary N) is 2. The summed E-state index contributed by atoms with van der Waals surface area (Å²) in [6.07, 6.45) is 7.39. The number of hydrogen-bond acceptors (Lipinski definition) is 19. The number of sulfonamides is 1. The van der Waals surface area contributed by atoms with Gasteiger partial charge < -0.3 is 27.8 Å². The molecule has 0 bridgehead atoms. The van der Waals surface area contributed by atoms with E-state index in [2.05, 4.69) is 65.3 Å². The van der Waals surface area contributed by atoms with Crippen LogP contribution in [0.3, 0.4) is 0 Å². The molecule has 7 N–H and O–H groups in total. The van der Waals surface area contributed by atoms with Crippen LogP contribution in [0.15, 0.2) is 95.0 Å². The van der Waals surface area contributed by atoms with Gasteiger partial charge in [0.15, 0.2) is 12.4 Å². The molecule has 4 aromatic heterocycles. The number of aryl methyl sites for hydroxylation is 6. The van der Waals surface area contributed by atoms with Crippen molar-refractivity contribution < 1.29 is 51.2 Å². The number of halogens is 1. The van der Waals surface area contributed by atoms with Crippen LogP contribution >= 0.6 is 35.3 Å². The summed E-state index contributed by atoms with van der Waals surface area (Å²) in [7, 11) is -7.17. The summed E-state index contributed by atoms with van der Waals surface area (Å²) in [6, 6.07) is 15.5. The third-order valence-corrected chi connectivity index (χ3v) is 15.4. The summed E-state index contributed by atoms with van der Waals surface area (Å²) in [5, 5.41) is 10.3. The van der Waals surface area contributed by atoms with Gasteiger partial charge in [-0.25, -0.2) is 53.0 Å². The van der Waals surface area contributed by atoms with Crippen LogP contribution in [-0.4, -0.2) is 105 Å². The van der Waals surface area contributed by atoms with Crippen LogP contribution in [0, 0.1) is 41.5 Å². The number of benzene rings is 3. The van der Waals surface area contributed by atoms with Crippen molar-refractivity contribution in [3.8, 4) is 0 Å². The number of ether oxygens (including phenoxy) is 1. The lowest BCUT2D eigenvalue weighted by Gasteiger charge is -2.18. The molecule has 3 aromatic carbocycles. The second-order valence-corrected chi connectivity index (χ2v) is 25.0. The van der Waals surface area contributed by atoms with E-state index in [0.717, 1.165) is 74.8 Å². The van der Waals surface area contributed by atoms with Gasteiger partial charge in [0.1, 0.15) is 39.7 Å². The second kappa shape index (κ2) is 27.6. The van der Waals surface area contributed by atoms with Crippen LogP contribution in [0.5, 0.6) is 0 Å². The Morgan fingerprint density at radius 1 is 0.635 bits per heavy atom. The molecule has 0 radical (unpaired) electrons. The predicted molar refractivity (Wildman–Crippen MR) is 292 cm³/mol. The molecule has 0 aliphatic heterocycles. The molecule has 1 amide bonds. The Hall–Kier alpha value is -5.07. The minimum atomic E-state index is -4.00. The number of carbonyl (C=O) groups is 1. The van der Waals surface area contributed by atoms with Crippen molar-refractivity contribution in [2.75, 3.05) is 42.9 Å². The Morgan fingerprint density at radius 2 is 1.00 bits per heavy atom. The lowest BCUT2D eigenvalue weighted by atomic mass is 10.1. The molecular weight excluding hydrogens is 1090 g/mol. The van der Waals surface area contributed by atoms with Crippen LogP contribution in [0.2, 0.25) is 0 Å². The summed E-state index contributed by atoms with van der Waals surface area (Å²) in [5.41, 5.74) is 15.5. The fraction of sp³-hybridized carbons (Fsp3) is 0.348. The van der Waals surface area contributed by atoms with Crippen LogP contribution in [-0.2, 0) is 35.2 Å². The molecule has 0 fully saturated rings. The van der Waals surface area contributed by atoms with Crippen molar-refractivity contribution in [1.82, 2.24) is 44.1 Å². The first kappa shape index (κ1) is 63.2. The van der Waals surface area contributed by atoms with E-state index in [-0.39, 0.29) is 24.2 Å². The van der Waals surface area contributed by atoms with E-state index in [9.17, 15) is 30.0 Å². The Balaban J connectivity index is 0.000000260. The van der Waals surface area contributed by atoms with Gasteiger partial charge >= 0.3 is 16.3 Å². The van der Waals surface area contributed by atoms with E-state index in [4.69, 9.17) is 15.6 Å². The van der Waals surface area contributed by atoms with Crippen molar-refractivity contribution in [2.45, 2.75) is 83.0 Å². The standard InChI is InChI=1S/C12H19N3O4S.C12H15N3O2S2.C11H14N4O2S2.C11H13N3S.ClH/c1-12(2,3)19-11(16)13-20(17,18)15-8-6-10(7-9-15)14(4)5;1-8-4-10-11(5-9(8)2)13-6-14-12(10)18-7-15-19(3,16)17;1-7-3-9-10(4-8(7)2)13-5-14-11(9)18-6-15-19(12,16)17;1-7-3-9-10(4-8(7)2)13-6-14-11(9)15-5-12;/h6-9H,1-5H3;4-6,15H,7H2,1-3H3;3-5,15H,6H2,1-2H3,(H2,12,16,17);3-4,6H,5,12H2,1-2H3;1H. The third kappa shape index (κ3) is 20.2. The van der Waals surface area contributed by atoms with E-state index < -0.39 is 42.1 Å². The highest BCUT2D eigenvalue weighted by Crippen LogP contribution is 2.28. The zero-order valence-corrected chi connectivity index (χ0v) is 48.6. The number of fused-ring (bicyclic) bond motifs is 3. The zero-order chi connectivity index (χ0) is 54.5. The predicted octanol–water partition coefficient (Wildman–Crippen LogP) is 2.85. The summed E-state index contributed by atoms with van der Waals surface area (Å²) in [5.74, 6) is 0.939. The molecule has 28 heteroatoms. The Bertz CT molecular complexity index is 3280. The van der Waals surface area contributed by atoms with Crippen molar-refractivity contribution >= 4 is 110 Å². The third-order valence-electron chi connectivity index (χ3n) is 10.1. The van der Waals surface area contributed by atoms with Crippen molar-refractivity contribution in [3.63, 3.8) is 0 Å². The van der Waals surface area contributed by atoms with E-state index >= 15 is 0 Å². The maximum absolute atomic E-state index is 11.9. The highest BCUT2D eigenvalue weighted by atomic mass is 35.5. The fourth-order valence-electron chi connectivity index (χ4n) is 6.01. The van der Waals surface area contributed by atoms with Crippen molar-refractivity contribution in [3.05, 3.63) is 113 Å². The minimum absolute atomic E-state index is 0. The molecule has 7 rings (SSSR count). The number of pyridine rings is 1. The average Bonchev–Trinajstić information content (AvgIpc) is 3.27. The molecule has 4 heterocycles. The number of rotatable bonds is 13. The molecule has 0 spiro atoms. The van der Waals surface area contributed by atoms with Gasteiger partial charge in [-0.1, -0.05) is 39.3 Å². The number of nitrogens with zero attached hydrogens (tertiary/aromatic N) is 8. The van der Waals surface area contributed by atoms with Gasteiger partial charge in [-0.2, -0.15) is 17.9 Å². The molecule has 0 aliphatic carbocycles. The first-order valence-corrected chi connectivity index (χ1v) is 29.7. The Kier molecular flexibility index (Phi) is 23.6. The van der Waals surface area contributed by atoms with Crippen LogP contribution in [0.1, 0.15) is 54.2 Å².